The van der Waals surface area contributed by atoms with Crippen molar-refractivity contribution in [2.45, 2.75) is 271 Å². The molecule has 0 saturated carbocycles. The van der Waals surface area contributed by atoms with Crippen LogP contribution in [0.5, 0.6) is 0 Å². The van der Waals surface area contributed by atoms with E-state index < -0.39 is 6.10 Å². The normalized spacial score (nSPS) is 12.9. The predicted molar refractivity (Wildman–Crippen MR) is 307 cm³/mol. The van der Waals surface area contributed by atoms with Gasteiger partial charge in [-0.05, 0) is 96.3 Å². The van der Waals surface area contributed by atoms with Crippen molar-refractivity contribution < 1.29 is 28.6 Å². The van der Waals surface area contributed by atoms with E-state index in [0.29, 0.717) is 19.3 Å². The Bertz CT molecular complexity index is 1460. The molecule has 0 aromatic carbocycles. The van der Waals surface area contributed by atoms with Crippen LogP contribution in [0.3, 0.4) is 0 Å². The standard InChI is InChI=1S/C65H108O6/c1-4-7-10-13-16-19-22-25-28-31-32-35-37-40-43-46-49-52-55-58-64(67)70-61-62(71-65(68)59-56-53-50-47-44-41-38-34-30-27-24-21-18-15-12-9-6-3)60-69-63(66)57-54-51-48-45-42-39-36-33-29-26-23-20-17-14-11-8-5-2/h16-17,19-20,25-26,28-29,32,35-36,39-40,43,45,48-49,52,62H,4-15,18,21-24,27,30-31,33-34,37-38,41-42,44,46-47,50-51,53-61H2,1-3H3/b19-16-,20-17-,28-25-,29-26-,35-32-,39-36-,43-40-,48-45-,52-49-/t62-/m0/s1. The molecule has 0 heterocycles. The van der Waals surface area contributed by atoms with Crippen LogP contribution in [-0.2, 0) is 28.6 Å². The van der Waals surface area contributed by atoms with Crippen LogP contribution in [0.1, 0.15) is 265 Å². The van der Waals surface area contributed by atoms with Gasteiger partial charge in [0.15, 0.2) is 6.10 Å². The highest BCUT2D eigenvalue weighted by atomic mass is 16.6. The number of hydrogen-bond acceptors (Lipinski definition) is 6. The average Bonchev–Trinajstić information content (AvgIpc) is 3.37. The van der Waals surface area contributed by atoms with Gasteiger partial charge >= 0.3 is 17.9 Å². The number of unbranched alkanes of at least 4 members (excludes halogenated alkanes) is 23. The quantitative estimate of drug-likeness (QED) is 0.0261. The number of hydrogen-bond donors (Lipinski definition) is 0. The number of esters is 3. The van der Waals surface area contributed by atoms with Crippen LogP contribution in [0.2, 0.25) is 0 Å². The van der Waals surface area contributed by atoms with Crippen molar-refractivity contribution in [1.82, 2.24) is 0 Å². The smallest absolute Gasteiger partial charge is 0.306 e. The minimum Gasteiger partial charge on any atom is -0.462 e. The lowest BCUT2D eigenvalue weighted by molar-refractivity contribution is -0.166. The number of ether oxygens (including phenoxy) is 3. The van der Waals surface area contributed by atoms with E-state index in [-0.39, 0.29) is 44.0 Å². The van der Waals surface area contributed by atoms with Crippen LogP contribution in [0, 0.1) is 0 Å². The Labute approximate surface area is 438 Å². The topological polar surface area (TPSA) is 78.9 Å². The fourth-order valence-corrected chi connectivity index (χ4v) is 7.83. The highest BCUT2D eigenvalue weighted by Crippen LogP contribution is 2.15. The van der Waals surface area contributed by atoms with Crippen molar-refractivity contribution >= 4 is 17.9 Å². The van der Waals surface area contributed by atoms with Crippen molar-refractivity contribution in [1.29, 1.82) is 0 Å². The van der Waals surface area contributed by atoms with Crippen LogP contribution in [0.15, 0.2) is 109 Å². The SMILES string of the molecule is CCCCC/C=C\C/C=C\C/C=C\C/C=C\C/C=C\CCC(=O)OC[C@H](COC(=O)CCC/C=C\C/C=C\C/C=C\C/C=C\CCCCC)OC(=O)CCCCCCCCCCCCCCCCCCC. The lowest BCUT2D eigenvalue weighted by Crippen LogP contribution is -2.30. The van der Waals surface area contributed by atoms with E-state index in [9.17, 15) is 14.4 Å². The monoisotopic (exact) mass is 985 g/mol. The molecule has 0 amide bonds. The van der Waals surface area contributed by atoms with Gasteiger partial charge in [-0.25, -0.2) is 0 Å². The summed E-state index contributed by atoms with van der Waals surface area (Å²) in [5.74, 6) is -1.06. The molecule has 1 atom stereocenters. The predicted octanol–water partition coefficient (Wildman–Crippen LogP) is 19.9. The lowest BCUT2D eigenvalue weighted by Gasteiger charge is -2.18. The summed E-state index contributed by atoms with van der Waals surface area (Å²) in [4.78, 5) is 38.1. The maximum Gasteiger partial charge on any atom is 0.306 e. The van der Waals surface area contributed by atoms with Crippen LogP contribution >= 0.6 is 0 Å². The van der Waals surface area contributed by atoms with Crippen LogP contribution in [0.25, 0.3) is 0 Å². The molecular weight excluding hydrogens is 877 g/mol. The van der Waals surface area contributed by atoms with Gasteiger partial charge in [-0.2, -0.15) is 0 Å². The van der Waals surface area contributed by atoms with E-state index in [4.69, 9.17) is 14.2 Å². The van der Waals surface area contributed by atoms with E-state index in [2.05, 4.69) is 124 Å². The van der Waals surface area contributed by atoms with Crippen LogP contribution < -0.4 is 0 Å². The molecule has 6 nitrogen and oxygen atoms in total. The van der Waals surface area contributed by atoms with Crippen molar-refractivity contribution in [2.24, 2.45) is 0 Å². The third-order valence-electron chi connectivity index (χ3n) is 12.3. The number of rotatable bonds is 52. The molecule has 404 valence electrons. The second-order valence-electron chi connectivity index (χ2n) is 19.2. The third-order valence-corrected chi connectivity index (χ3v) is 12.3. The average molecular weight is 986 g/mol. The van der Waals surface area contributed by atoms with Gasteiger partial charge in [-0.15, -0.1) is 0 Å². The molecule has 0 saturated heterocycles. The molecule has 0 aliphatic heterocycles. The molecule has 0 aliphatic carbocycles. The highest BCUT2D eigenvalue weighted by molar-refractivity contribution is 5.71. The maximum atomic E-state index is 12.9. The lowest BCUT2D eigenvalue weighted by atomic mass is 10.0. The van der Waals surface area contributed by atoms with E-state index in [1.807, 2.05) is 6.08 Å². The first-order chi connectivity index (χ1) is 35.0. The summed E-state index contributed by atoms with van der Waals surface area (Å²) in [7, 11) is 0. The van der Waals surface area contributed by atoms with Gasteiger partial charge in [0.05, 0.1) is 0 Å². The van der Waals surface area contributed by atoms with Gasteiger partial charge in [0, 0.05) is 19.3 Å². The van der Waals surface area contributed by atoms with Crippen LogP contribution in [-0.4, -0.2) is 37.2 Å². The summed E-state index contributed by atoms with van der Waals surface area (Å²) in [6.07, 6.45) is 79.5. The Morgan fingerprint density at radius 3 is 0.915 bits per heavy atom. The fourth-order valence-electron chi connectivity index (χ4n) is 7.83. The second kappa shape index (κ2) is 58.6. The molecule has 0 aromatic heterocycles. The van der Waals surface area contributed by atoms with Crippen molar-refractivity contribution in [3.8, 4) is 0 Å². The molecule has 0 spiro atoms. The first-order valence-corrected chi connectivity index (χ1v) is 29.4. The van der Waals surface area contributed by atoms with Gasteiger partial charge in [-0.3, -0.25) is 14.4 Å². The molecule has 0 aliphatic rings. The van der Waals surface area contributed by atoms with E-state index >= 15 is 0 Å². The summed E-state index contributed by atoms with van der Waals surface area (Å²) in [6.45, 7) is 6.48. The highest BCUT2D eigenvalue weighted by Gasteiger charge is 2.19. The summed E-state index contributed by atoms with van der Waals surface area (Å²) in [5, 5.41) is 0. The Morgan fingerprint density at radius 1 is 0.282 bits per heavy atom. The molecule has 0 N–H and O–H groups in total. The van der Waals surface area contributed by atoms with Gasteiger partial charge < -0.3 is 14.2 Å². The first-order valence-electron chi connectivity index (χ1n) is 29.4. The summed E-state index contributed by atoms with van der Waals surface area (Å²) < 4.78 is 16.8. The minimum absolute atomic E-state index is 0.129. The summed E-state index contributed by atoms with van der Waals surface area (Å²) in [6, 6.07) is 0. The number of carbonyl (C=O) groups is 3. The molecule has 71 heavy (non-hydrogen) atoms. The molecule has 0 rings (SSSR count). The molecule has 0 fully saturated rings. The summed E-state index contributed by atoms with van der Waals surface area (Å²) >= 11 is 0. The van der Waals surface area contributed by atoms with E-state index in [1.165, 1.54) is 141 Å². The fraction of sp³-hybridized carbons (Fsp3) is 0.677. The Balaban J connectivity index is 4.57. The molecular formula is C65H108O6. The zero-order chi connectivity index (χ0) is 51.4. The summed E-state index contributed by atoms with van der Waals surface area (Å²) in [5.41, 5.74) is 0. The van der Waals surface area contributed by atoms with Crippen molar-refractivity contribution in [2.75, 3.05) is 13.2 Å². The zero-order valence-corrected chi connectivity index (χ0v) is 46.2. The maximum absolute atomic E-state index is 12.9. The third kappa shape index (κ3) is 56.9. The van der Waals surface area contributed by atoms with Gasteiger partial charge in [0.1, 0.15) is 13.2 Å². The number of allylic oxidation sites excluding steroid dienone is 18. The Hall–Kier alpha value is -3.93. The zero-order valence-electron chi connectivity index (χ0n) is 46.2. The van der Waals surface area contributed by atoms with E-state index in [0.717, 1.165) is 70.6 Å². The molecule has 6 heteroatoms. The molecule has 0 bridgehead atoms. The van der Waals surface area contributed by atoms with Crippen molar-refractivity contribution in [3.05, 3.63) is 109 Å². The minimum atomic E-state index is -0.831. The van der Waals surface area contributed by atoms with Gasteiger partial charge in [-0.1, -0.05) is 259 Å². The van der Waals surface area contributed by atoms with Crippen LogP contribution in [0.4, 0.5) is 0 Å². The van der Waals surface area contributed by atoms with Gasteiger partial charge in [0.25, 0.3) is 0 Å². The first kappa shape index (κ1) is 67.1. The van der Waals surface area contributed by atoms with Gasteiger partial charge in [0.2, 0.25) is 0 Å². The molecule has 0 radical (unpaired) electrons. The molecule has 0 unspecified atom stereocenters. The second-order valence-corrected chi connectivity index (χ2v) is 19.2. The Kier molecular flexibility index (Phi) is 55.4. The van der Waals surface area contributed by atoms with Crippen molar-refractivity contribution in [3.63, 3.8) is 0 Å². The molecule has 0 aromatic rings. The number of carbonyl (C=O) groups excluding carboxylic acids is 3. The van der Waals surface area contributed by atoms with E-state index in [1.54, 1.807) is 0 Å². The Morgan fingerprint density at radius 2 is 0.549 bits per heavy atom. The largest absolute Gasteiger partial charge is 0.462 e.